The lowest BCUT2D eigenvalue weighted by atomic mass is 10.0. The van der Waals surface area contributed by atoms with Crippen LogP contribution in [0.5, 0.6) is 0 Å². The van der Waals surface area contributed by atoms with Crippen LogP contribution < -0.4 is 10.2 Å². The molecule has 5 nitrogen and oxygen atoms in total. The minimum Gasteiger partial charge on any atom is -0.367 e. The van der Waals surface area contributed by atoms with Crippen molar-refractivity contribution in [1.29, 1.82) is 0 Å². The highest BCUT2D eigenvalue weighted by atomic mass is 16.5. The normalized spacial score (nSPS) is 17.8. The molecule has 2 aromatic rings. The Morgan fingerprint density at radius 3 is 2.56 bits per heavy atom. The van der Waals surface area contributed by atoms with E-state index in [1.165, 1.54) is 10.9 Å². The standard InChI is InChI=1S/C29H39N3O2/c1-6-8-10-12-17-32-20-23-19-24(21-34-18-13-11-9-7-2)30-29(33)28(22(3)4)31(5)25-15-14-16-26(32)27(23)25/h14-16,20,22,24,28H,6-9,17-19,21H2,1-5H3,(H,30,33)/t24-,28-/m0/s1. The van der Waals surface area contributed by atoms with Gasteiger partial charge in [0.15, 0.2) is 0 Å². The molecule has 3 rings (SSSR count). The van der Waals surface area contributed by atoms with Gasteiger partial charge in [-0.05, 0) is 42.9 Å². The summed E-state index contributed by atoms with van der Waals surface area (Å²) in [4.78, 5) is 15.5. The van der Waals surface area contributed by atoms with Crippen molar-refractivity contribution in [2.75, 3.05) is 25.2 Å². The summed E-state index contributed by atoms with van der Waals surface area (Å²) < 4.78 is 8.12. The first kappa shape index (κ1) is 25.7. The van der Waals surface area contributed by atoms with Gasteiger partial charge in [-0.25, -0.2) is 0 Å². The van der Waals surface area contributed by atoms with Gasteiger partial charge in [0.25, 0.3) is 0 Å². The molecule has 2 atom stereocenters. The second-order valence-electron chi connectivity index (χ2n) is 9.39. The van der Waals surface area contributed by atoms with E-state index in [1.807, 2.05) is 7.05 Å². The molecule has 34 heavy (non-hydrogen) atoms. The van der Waals surface area contributed by atoms with Crippen molar-refractivity contribution in [3.63, 3.8) is 0 Å². The number of unbranched alkanes of at least 4 members (excludes halogenated alkanes) is 2. The van der Waals surface area contributed by atoms with Gasteiger partial charge >= 0.3 is 0 Å². The van der Waals surface area contributed by atoms with Gasteiger partial charge in [-0.3, -0.25) is 4.79 Å². The van der Waals surface area contributed by atoms with Gasteiger partial charge in [-0.1, -0.05) is 45.6 Å². The Morgan fingerprint density at radius 2 is 1.85 bits per heavy atom. The van der Waals surface area contributed by atoms with Crippen LogP contribution in [0.25, 0.3) is 10.9 Å². The van der Waals surface area contributed by atoms with E-state index in [0.717, 1.165) is 36.9 Å². The Kier molecular flexibility index (Phi) is 9.49. The molecule has 0 fully saturated rings. The number of carbonyl (C=O) groups excluding carboxylic acids is 1. The molecule has 5 heteroatoms. The lowest BCUT2D eigenvalue weighted by molar-refractivity contribution is -0.124. The number of hydrogen-bond acceptors (Lipinski definition) is 3. The summed E-state index contributed by atoms with van der Waals surface area (Å²) >= 11 is 0. The average molecular weight is 462 g/mol. The smallest absolute Gasteiger partial charge is 0.243 e. The molecule has 1 aliphatic heterocycles. The van der Waals surface area contributed by atoms with Gasteiger partial charge in [0.05, 0.1) is 24.7 Å². The van der Waals surface area contributed by atoms with Crippen LogP contribution in [0.2, 0.25) is 0 Å². The summed E-state index contributed by atoms with van der Waals surface area (Å²) in [7, 11) is 2.03. The summed E-state index contributed by atoms with van der Waals surface area (Å²) in [5.74, 6) is 13.0. The van der Waals surface area contributed by atoms with Crippen molar-refractivity contribution in [1.82, 2.24) is 9.88 Å². The highest BCUT2D eigenvalue weighted by molar-refractivity contribution is 5.98. The summed E-state index contributed by atoms with van der Waals surface area (Å²) in [6.07, 6.45) is 6.83. The number of amides is 1. The Hall–Kier alpha value is -2.89. The number of benzene rings is 1. The molecule has 1 aliphatic rings. The Balaban J connectivity index is 1.98. The first-order valence-corrected chi connectivity index (χ1v) is 12.6. The topological polar surface area (TPSA) is 46.5 Å². The van der Waals surface area contributed by atoms with Gasteiger partial charge in [-0.15, -0.1) is 11.8 Å². The van der Waals surface area contributed by atoms with Gasteiger partial charge < -0.3 is 19.5 Å². The number of anilines is 1. The number of nitrogens with one attached hydrogen (secondary N) is 1. The SMILES string of the molecule is CCCC#CCOC[C@@H]1Cc2cn(CC#CCCC)c3cccc(c23)N(C)[C@@H](C(C)C)C(=O)N1. The Morgan fingerprint density at radius 1 is 1.12 bits per heavy atom. The van der Waals surface area contributed by atoms with Crippen LogP contribution in [-0.2, 0) is 22.5 Å². The molecule has 1 aromatic carbocycles. The lowest BCUT2D eigenvalue weighted by Gasteiger charge is -2.32. The minimum atomic E-state index is -0.268. The van der Waals surface area contributed by atoms with E-state index in [2.05, 4.69) is 90.6 Å². The zero-order valence-electron chi connectivity index (χ0n) is 21.4. The molecule has 0 saturated heterocycles. The third-order valence-corrected chi connectivity index (χ3v) is 6.22. The maximum Gasteiger partial charge on any atom is 0.243 e. The summed E-state index contributed by atoms with van der Waals surface area (Å²) in [6, 6.07) is 5.98. The molecule has 1 aromatic heterocycles. The molecule has 1 amide bonds. The predicted octanol–water partition coefficient (Wildman–Crippen LogP) is 4.77. The van der Waals surface area contributed by atoms with Crippen LogP contribution >= 0.6 is 0 Å². The van der Waals surface area contributed by atoms with Gasteiger partial charge in [0, 0.05) is 37.2 Å². The van der Waals surface area contributed by atoms with Gasteiger partial charge in [0.2, 0.25) is 5.91 Å². The van der Waals surface area contributed by atoms with E-state index in [9.17, 15) is 4.79 Å². The highest BCUT2D eigenvalue weighted by Crippen LogP contribution is 2.34. The van der Waals surface area contributed by atoms with E-state index >= 15 is 0 Å². The van der Waals surface area contributed by atoms with Crippen molar-refractivity contribution in [2.45, 2.75) is 78.4 Å². The van der Waals surface area contributed by atoms with E-state index in [4.69, 9.17) is 4.74 Å². The largest absolute Gasteiger partial charge is 0.367 e. The molecule has 0 aliphatic carbocycles. The molecule has 1 N–H and O–H groups in total. The second kappa shape index (κ2) is 12.5. The van der Waals surface area contributed by atoms with Gasteiger partial charge in [-0.2, -0.15) is 0 Å². The van der Waals surface area contributed by atoms with Gasteiger partial charge in [0.1, 0.15) is 12.6 Å². The van der Waals surface area contributed by atoms with Crippen LogP contribution in [0, 0.1) is 29.6 Å². The third-order valence-electron chi connectivity index (χ3n) is 6.22. The maximum absolute atomic E-state index is 13.4. The predicted molar refractivity (Wildman–Crippen MR) is 141 cm³/mol. The van der Waals surface area contributed by atoms with E-state index in [0.29, 0.717) is 26.2 Å². The number of ether oxygens (including phenoxy) is 1. The zero-order chi connectivity index (χ0) is 24.5. The number of aromatic nitrogens is 1. The van der Waals surface area contributed by atoms with Crippen molar-refractivity contribution in [3.05, 3.63) is 30.0 Å². The van der Waals surface area contributed by atoms with Crippen LogP contribution in [0.15, 0.2) is 24.4 Å². The fraction of sp³-hybridized carbons (Fsp3) is 0.552. The van der Waals surface area contributed by atoms with Crippen LogP contribution in [0.1, 0.15) is 58.9 Å². The fourth-order valence-electron chi connectivity index (χ4n) is 4.65. The molecule has 0 spiro atoms. The minimum absolute atomic E-state index is 0.0450. The number of likely N-dealkylation sites (N-methyl/N-ethyl adjacent to an activating group) is 1. The molecule has 182 valence electrons. The molecular formula is C29H39N3O2. The molecule has 2 heterocycles. The molecule has 0 bridgehead atoms. The molecule has 0 saturated carbocycles. The first-order chi connectivity index (χ1) is 16.5. The number of hydrogen-bond donors (Lipinski definition) is 1. The van der Waals surface area contributed by atoms with Crippen molar-refractivity contribution in [3.8, 4) is 23.7 Å². The van der Waals surface area contributed by atoms with Crippen molar-refractivity contribution < 1.29 is 9.53 Å². The third kappa shape index (κ3) is 6.16. The zero-order valence-corrected chi connectivity index (χ0v) is 21.4. The Labute approximate surface area is 205 Å². The van der Waals surface area contributed by atoms with E-state index < -0.39 is 0 Å². The maximum atomic E-state index is 13.4. The quantitative estimate of drug-likeness (QED) is 0.477. The van der Waals surface area contributed by atoms with Crippen LogP contribution in [-0.4, -0.2) is 42.8 Å². The monoisotopic (exact) mass is 461 g/mol. The average Bonchev–Trinajstić information content (AvgIpc) is 3.17. The van der Waals surface area contributed by atoms with Crippen LogP contribution in [0.3, 0.4) is 0 Å². The molecule has 0 unspecified atom stereocenters. The fourth-order valence-corrected chi connectivity index (χ4v) is 4.65. The van der Waals surface area contributed by atoms with E-state index in [1.54, 1.807) is 0 Å². The Bertz CT molecular complexity index is 1090. The molecular weight excluding hydrogens is 422 g/mol. The summed E-state index contributed by atoms with van der Waals surface area (Å²) in [6.45, 7) is 9.95. The molecule has 0 radical (unpaired) electrons. The summed E-state index contributed by atoms with van der Waals surface area (Å²) in [5, 5.41) is 4.48. The number of rotatable bonds is 7. The number of nitrogens with zero attached hydrogens (tertiary/aromatic N) is 2. The van der Waals surface area contributed by atoms with E-state index in [-0.39, 0.29) is 23.9 Å². The lowest BCUT2D eigenvalue weighted by Crippen LogP contribution is -2.52. The van der Waals surface area contributed by atoms with Crippen molar-refractivity contribution in [2.24, 2.45) is 5.92 Å². The van der Waals surface area contributed by atoms with Crippen LogP contribution in [0.4, 0.5) is 5.69 Å². The number of carbonyl (C=O) groups is 1. The highest BCUT2D eigenvalue weighted by Gasteiger charge is 2.32. The first-order valence-electron chi connectivity index (χ1n) is 12.6. The van der Waals surface area contributed by atoms with Crippen molar-refractivity contribution >= 4 is 22.5 Å². The second-order valence-corrected chi connectivity index (χ2v) is 9.39. The summed E-state index contributed by atoms with van der Waals surface area (Å²) in [5.41, 5.74) is 3.46.